The fourth-order valence-electron chi connectivity index (χ4n) is 4.33. The van der Waals surface area contributed by atoms with E-state index in [9.17, 15) is 4.79 Å². The van der Waals surface area contributed by atoms with E-state index in [0.717, 1.165) is 53.9 Å². The summed E-state index contributed by atoms with van der Waals surface area (Å²) in [6.45, 7) is 7.55. The van der Waals surface area contributed by atoms with Crippen LogP contribution in [0.4, 0.5) is 0 Å². The average molecular weight is 469 g/mol. The standard InChI is InChI=1S/C24H29BrN4O/c1-17(2)29-22-8-4-3-7-21(22)27-23(29)16-28-13-5-6-19(15-28)24(30)26-14-18-9-11-20(25)12-10-18/h3-4,7-12,17,19H,5-6,13-16H2,1-2H3,(H,26,30)/t19-/m1/s1. The number of para-hydroxylation sites is 2. The van der Waals surface area contributed by atoms with Crippen LogP contribution in [0.1, 0.15) is 44.1 Å². The molecule has 1 aromatic heterocycles. The van der Waals surface area contributed by atoms with Gasteiger partial charge in [0.25, 0.3) is 0 Å². The van der Waals surface area contributed by atoms with E-state index in [0.29, 0.717) is 12.6 Å². The van der Waals surface area contributed by atoms with Crippen LogP contribution in [0, 0.1) is 5.92 Å². The Kier molecular flexibility index (Phi) is 6.54. The second-order valence-electron chi connectivity index (χ2n) is 8.40. The molecule has 2 aromatic carbocycles. The van der Waals surface area contributed by atoms with Gasteiger partial charge in [0.1, 0.15) is 5.82 Å². The van der Waals surface area contributed by atoms with Crippen LogP contribution >= 0.6 is 15.9 Å². The zero-order chi connectivity index (χ0) is 21.1. The maximum absolute atomic E-state index is 12.8. The zero-order valence-electron chi connectivity index (χ0n) is 17.6. The number of aromatic nitrogens is 2. The van der Waals surface area contributed by atoms with E-state index in [2.05, 4.69) is 62.8 Å². The van der Waals surface area contributed by atoms with Crippen LogP contribution in [-0.4, -0.2) is 33.4 Å². The van der Waals surface area contributed by atoms with Crippen molar-refractivity contribution in [3.05, 3.63) is 64.4 Å². The smallest absolute Gasteiger partial charge is 0.224 e. The SMILES string of the molecule is CC(C)n1c(CN2CCC[C@@H](C(=O)NCc3ccc(Br)cc3)C2)nc2ccccc21. The maximum atomic E-state index is 12.8. The molecule has 6 heteroatoms. The molecule has 2 heterocycles. The van der Waals surface area contributed by atoms with Gasteiger partial charge >= 0.3 is 0 Å². The van der Waals surface area contributed by atoms with Crippen LogP contribution in [0.25, 0.3) is 11.0 Å². The Morgan fingerprint density at radius 3 is 2.73 bits per heavy atom. The molecule has 3 aromatic rings. The van der Waals surface area contributed by atoms with Crippen LogP contribution in [0.15, 0.2) is 53.0 Å². The molecule has 30 heavy (non-hydrogen) atoms. The lowest BCUT2D eigenvalue weighted by atomic mass is 9.97. The summed E-state index contributed by atoms with van der Waals surface area (Å²) < 4.78 is 3.37. The van der Waals surface area contributed by atoms with Crippen LogP contribution < -0.4 is 5.32 Å². The summed E-state index contributed by atoms with van der Waals surface area (Å²) in [4.78, 5) is 20.1. The molecule has 4 rings (SSSR count). The monoisotopic (exact) mass is 468 g/mol. The molecule has 1 N–H and O–H groups in total. The number of benzene rings is 2. The highest BCUT2D eigenvalue weighted by molar-refractivity contribution is 9.10. The van der Waals surface area contributed by atoms with E-state index in [4.69, 9.17) is 4.98 Å². The first-order chi connectivity index (χ1) is 14.5. The first-order valence-electron chi connectivity index (χ1n) is 10.7. The highest BCUT2D eigenvalue weighted by Crippen LogP contribution is 2.24. The lowest BCUT2D eigenvalue weighted by Crippen LogP contribution is -2.42. The fraction of sp³-hybridized carbons (Fsp3) is 0.417. The van der Waals surface area contributed by atoms with Crippen LogP contribution in [0.2, 0.25) is 0 Å². The lowest BCUT2D eigenvalue weighted by Gasteiger charge is -2.32. The van der Waals surface area contributed by atoms with Gasteiger partial charge in [0.2, 0.25) is 5.91 Å². The van der Waals surface area contributed by atoms with E-state index in [1.54, 1.807) is 0 Å². The van der Waals surface area contributed by atoms with Gasteiger partial charge in [0.05, 0.1) is 23.5 Å². The van der Waals surface area contributed by atoms with Gasteiger partial charge in [-0.1, -0.05) is 40.2 Å². The molecule has 1 aliphatic heterocycles. The first kappa shape index (κ1) is 21.1. The maximum Gasteiger partial charge on any atom is 0.224 e. The van der Waals surface area contributed by atoms with Crippen molar-refractivity contribution >= 4 is 32.9 Å². The molecule has 0 bridgehead atoms. The van der Waals surface area contributed by atoms with Crippen molar-refractivity contribution in [2.45, 2.75) is 45.8 Å². The van der Waals surface area contributed by atoms with Crippen LogP contribution in [0.5, 0.6) is 0 Å². The van der Waals surface area contributed by atoms with E-state index < -0.39 is 0 Å². The third-order valence-electron chi connectivity index (χ3n) is 5.81. The largest absolute Gasteiger partial charge is 0.352 e. The van der Waals surface area contributed by atoms with E-state index in [-0.39, 0.29) is 11.8 Å². The molecule has 0 spiro atoms. The number of hydrogen-bond donors (Lipinski definition) is 1. The van der Waals surface area contributed by atoms with Gasteiger partial charge in [-0.05, 0) is 63.1 Å². The minimum atomic E-state index is 0.0334. The lowest BCUT2D eigenvalue weighted by molar-refractivity contribution is -0.127. The molecular weight excluding hydrogens is 440 g/mol. The number of carbonyl (C=O) groups is 1. The molecule has 5 nitrogen and oxygen atoms in total. The predicted octanol–water partition coefficient (Wildman–Crippen LogP) is 4.91. The number of rotatable bonds is 6. The van der Waals surface area contributed by atoms with Crippen LogP contribution in [0.3, 0.4) is 0 Å². The van der Waals surface area contributed by atoms with Crippen molar-refractivity contribution in [3.63, 3.8) is 0 Å². The molecule has 0 saturated carbocycles. The van der Waals surface area contributed by atoms with Crippen molar-refractivity contribution in [2.75, 3.05) is 13.1 Å². The molecule has 0 radical (unpaired) electrons. The van der Waals surface area contributed by atoms with Crippen molar-refractivity contribution in [3.8, 4) is 0 Å². The van der Waals surface area contributed by atoms with Gasteiger partial charge in [0, 0.05) is 23.6 Å². The number of nitrogens with zero attached hydrogens (tertiary/aromatic N) is 3. The number of imidazole rings is 1. The molecular formula is C24H29BrN4O. The molecule has 1 atom stereocenters. The summed E-state index contributed by atoms with van der Waals surface area (Å²) in [6, 6.07) is 16.8. The molecule has 1 amide bonds. The van der Waals surface area contributed by atoms with Crippen molar-refractivity contribution in [1.82, 2.24) is 19.8 Å². The van der Waals surface area contributed by atoms with E-state index in [1.165, 1.54) is 5.52 Å². The average Bonchev–Trinajstić information content (AvgIpc) is 3.11. The second kappa shape index (κ2) is 9.31. The summed E-state index contributed by atoms with van der Waals surface area (Å²) in [5.74, 6) is 1.27. The van der Waals surface area contributed by atoms with Crippen molar-refractivity contribution in [1.29, 1.82) is 0 Å². The third kappa shape index (κ3) is 4.76. The summed E-state index contributed by atoms with van der Waals surface area (Å²) in [6.07, 6.45) is 1.99. The number of halogens is 1. The van der Waals surface area contributed by atoms with Gasteiger partial charge in [0.15, 0.2) is 0 Å². The quantitative estimate of drug-likeness (QED) is 0.558. The number of hydrogen-bond acceptors (Lipinski definition) is 3. The van der Waals surface area contributed by atoms with Gasteiger partial charge < -0.3 is 9.88 Å². The summed E-state index contributed by atoms with van der Waals surface area (Å²) in [7, 11) is 0. The molecule has 1 fully saturated rings. The van der Waals surface area contributed by atoms with Crippen LogP contribution in [-0.2, 0) is 17.9 Å². The molecule has 158 valence electrons. The number of amides is 1. The molecule has 0 unspecified atom stereocenters. The molecule has 1 saturated heterocycles. The first-order valence-corrected chi connectivity index (χ1v) is 11.5. The normalized spacial score (nSPS) is 17.5. The Bertz CT molecular complexity index is 1010. The number of carbonyl (C=O) groups excluding carboxylic acids is 1. The highest BCUT2D eigenvalue weighted by Gasteiger charge is 2.27. The number of piperidine rings is 1. The Morgan fingerprint density at radius 2 is 1.97 bits per heavy atom. The number of likely N-dealkylation sites (tertiary alicyclic amines) is 1. The highest BCUT2D eigenvalue weighted by atomic mass is 79.9. The number of nitrogens with one attached hydrogen (secondary N) is 1. The minimum Gasteiger partial charge on any atom is -0.352 e. The second-order valence-corrected chi connectivity index (χ2v) is 9.31. The zero-order valence-corrected chi connectivity index (χ0v) is 19.2. The minimum absolute atomic E-state index is 0.0334. The predicted molar refractivity (Wildman–Crippen MR) is 124 cm³/mol. The van der Waals surface area contributed by atoms with Crippen molar-refractivity contribution < 1.29 is 4.79 Å². The topological polar surface area (TPSA) is 50.2 Å². The summed E-state index contributed by atoms with van der Waals surface area (Å²) in [5, 5.41) is 3.12. The Balaban J connectivity index is 1.40. The summed E-state index contributed by atoms with van der Waals surface area (Å²) in [5.41, 5.74) is 3.34. The Morgan fingerprint density at radius 1 is 1.20 bits per heavy atom. The third-order valence-corrected chi connectivity index (χ3v) is 6.34. The van der Waals surface area contributed by atoms with Gasteiger partial charge in [-0.2, -0.15) is 0 Å². The number of fused-ring (bicyclic) bond motifs is 1. The van der Waals surface area contributed by atoms with Gasteiger partial charge in [-0.3, -0.25) is 9.69 Å². The Labute approximate surface area is 186 Å². The summed E-state index contributed by atoms with van der Waals surface area (Å²) >= 11 is 3.45. The molecule has 1 aliphatic rings. The van der Waals surface area contributed by atoms with E-state index in [1.807, 2.05) is 30.3 Å². The van der Waals surface area contributed by atoms with Gasteiger partial charge in [-0.15, -0.1) is 0 Å². The van der Waals surface area contributed by atoms with Gasteiger partial charge in [-0.25, -0.2) is 4.98 Å². The fourth-order valence-corrected chi connectivity index (χ4v) is 4.60. The van der Waals surface area contributed by atoms with Crippen molar-refractivity contribution in [2.24, 2.45) is 5.92 Å². The van der Waals surface area contributed by atoms with E-state index >= 15 is 0 Å². The Hall–Kier alpha value is -2.18. The molecule has 0 aliphatic carbocycles.